The van der Waals surface area contributed by atoms with E-state index in [-0.39, 0.29) is 17.9 Å². The summed E-state index contributed by atoms with van der Waals surface area (Å²) >= 11 is 1.43. The van der Waals surface area contributed by atoms with E-state index < -0.39 is 5.92 Å². The van der Waals surface area contributed by atoms with Crippen LogP contribution in [-0.4, -0.2) is 29.6 Å². The lowest BCUT2D eigenvalue weighted by Gasteiger charge is -2.25. The summed E-state index contributed by atoms with van der Waals surface area (Å²) in [7, 11) is 1.58. The van der Waals surface area contributed by atoms with Gasteiger partial charge in [-0.25, -0.2) is 4.98 Å². The first-order chi connectivity index (χ1) is 16.4. The van der Waals surface area contributed by atoms with E-state index in [2.05, 4.69) is 48.2 Å². The van der Waals surface area contributed by atoms with Crippen LogP contribution in [0.15, 0.2) is 52.4 Å². The van der Waals surface area contributed by atoms with Crippen molar-refractivity contribution in [2.24, 2.45) is 5.92 Å². The van der Waals surface area contributed by atoms with Gasteiger partial charge < -0.3 is 19.8 Å². The van der Waals surface area contributed by atoms with E-state index in [0.717, 1.165) is 5.56 Å². The minimum atomic E-state index is -0.427. The van der Waals surface area contributed by atoms with Gasteiger partial charge >= 0.3 is 0 Å². The minimum Gasteiger partial charge on any atom is -0.493 e. The first-order valence-corrected chi connectivity index (χ1v) is 12.3. The highest BCUT2D eigenvalue weighted by Gasteiger charge is 2.31. The van der Waals surface area contributed by atoms with Crippen molar-refractivity contribution in [3.05, 3.63) is 75.1 Å². The molecule has 2 aromatic carbocycles. The average Bonchev–Trinajstić information content (AvgIpc) is 2.81. The minimum absolute atomic E-state index is 0.156. The van der Waals surface area contributed by atoms with E-state index in [1.54, 1.807) is 7.11 Å². The van der Waals surface area contributed by atoms with Crippen molar-refractivity contribution in [3.8, 4) is 11.5 Å². The molecule has 0 aliphatic carbocycles. The second kappa shape index (κ2) is 10.3. The molecular formula is C26H29N3O4S. The topological polar surface area (TPSA) is 93.3 Å². The summed E-state index contributed by atoms with van der Waals surface area (Å²) in [5.41, 5.74) is 3.36. The maximum absolute atomic E-state index is 13.1. The number of nitrogens with zero attached hydrogens (tertiary/aromatic N) is 1. The fourth-order valence-corrected chi connectivity index (χ4v) is 4.84. The molecule has 1 amide bonds. The number of fused-ring (bicyclic) bond motifs is 1. The second-order valence-electron chi connectivity index (χ2n) is 8.77. The molecule has 8 heteroatoms. The van der Waals surface area contributed by atoms with Crippen LogP contribution in [0.4, 0.5) is 5.82 Å². The number of rotatable bonds is 8. The van der Waals surface area contributed by atoms with E-state index in [0.29, 0.717) is 46.3 Å². The lowest BCUT2D eigenvalue weighted by atomic mass is 9.86. The number of hydrogen-bond donors (Lipinski definition) is 2. The van der Waals surface area contributed by atoms with Crippen molar-refractivity contribution >= 4 is 23.5 Å². The number of aryl methyl sites for hydroxylation is 1. The molecule has 0 unspecified atom stereocenters. The van der Waals surface area contributed by atoms with Crippen LogP contribution in [0.5, 0.6) is 11.5 Å². The Balaban J connectivity index is 1.63. The molecule has 1 atom stereocenters. The SMILES string of the molecule is COc1cc([C@H]2CC(=O)Nc3nc(SCc4ccccc4C)[nH]c(=O)c32)ccc1OCC(C)C. The van der Waals surface area contributed by atoms with Crippen LogP contribution in [-0.2, 0) is 10.5 Å². The van der Waals surface area contributed by atoms with E-state index in [1.807, 2.05) is 30.3 Å². The Bertz CT molecular complexity index is 1260. The normalized spacial score (nSPS) is 15.1. The highest BCUT2D eigenvalue weighted by Crippen LogP contribution is 2.38. The molecule has 178 valence electrons. The molecule has 0 saturated carbocycles. The lowest BCUT2D eigenvalue weighted by molar-refractivity contribution is -0.116. The molecule has 2 heterocycles. The third-order valence-electron chi connectivity index (χ3n) is 5.72. The number of benzene rings is 2. The fraction of sp³-hybridized carbons (Fsp3) is 0.346. The monoisotopic (exact) mass is 479 g/mol. The maximum Gasteiger partial charge on any atom is 0.257 e. The van der Waals surface area contributed by atoms with Crippen LogP contribution in [0, 0.1) is 12.8 Å². The van der Waals surface area contributed by atoms with Gasteiger partial charge in [0, 0.05) is 18.1 Å². The van der Waals surface area contributed by atoms with E-state index in [9.17, 15) is 9.59 Å². The Labute approximate surface area is 203 Å². The summed E-state index contributed by atoms with van der Waals surface area (Å²) in [6.45, 7) is 6.77. The number of aromatic nitrogens is 2. The Kier molecular flexibility index (Phi) is 7.26. The number of hydrogen-bond acceptors (Lipinski definition) is 6. The van der Waals surface area contributed by atoms with Crippen LogP contribution < -0.4 is 20.3 Å². The van der Waals surface area contributed by atoms with Crippen molar-refractivity contribution < 1.29 is 14.3 Å². The Hall–Kier alpha value is -3.26. The Morgan fingerprint density at radius 3 is 2.68 bits per heavy atom. The molecule has 0 spiro atoms. The first-order valence-electron chi connectivity index (χ1n) is 11.3. The fourth-order valence-electron chi connectivity index (χ4n) is 3.90. The highest BCUT2D eigenvalue weighted by atomic mass is 32.2. The van der Waals surface area contributed by atoms with E-state index >= 15 is 0 Å². The number of anilines is 1. The van der Waals surface area contributed by atoms with Gasteiger partial charge in [-0.2, -0.15) is 0 Å². The zero-order valence-electron chi connectivity index (χ0n) is 19.8. The van der Waals surface area contributed by atoms with Gasteiger partial charge in [-0.1, -0.05) is 55.9 Å². The van der Waals surface area contributed by atoms with Gasteiger partial charge in [0.25, 0.3) is 5.56 Å². The lowest BCUT2D eigenvalue weighted by Crippen LogP contribution is -2.31. The Morgan fingerprint density at radius 2 is 1.94 bits per heavy atom. The number of thioether (sulfide) groups is 1. The summed E-state index contributed by atoms with van der Waals surface area (Å²) in [6.07, 6.45) is 0.156. The number of aromatic amines is 1. The van der Waals surface area contributed by atoms with Crippen molar-refractivity contribution in [1.29, 1.82) is 0 Å². The quantitative estimate of drug-likeness (QED) is 0.353. The van der Waals surface area contributed by atoms with Crippen molar-refractivity contribution in [3.63, 3.8) is 0 Å². The number of carbonyl (C=O) groups excluding carboxylic acids is 1. The average molecular weight is 480 g/mol. The summed E-state index contributed by atoms with van der Waals surface area (Å²) in [5.74, 6) is 1.96. The van der Waals surface area contributed by atoms with Crippen LogP contribution in [0.1, 0.15) is 48.4 Å². The standard InChI is InChI=1S/C26H29N3O4S/c1-15(2)13-33-20-10-9-17(11-21(20)32-4)19-12-22(30)27-24-23(19)25(31)29-26(28-24)34-14-18-8-6-5-7-16(18)3/h5-11,15,19H,12-14H2,1-4H3,(H2,27,28,29,30,31)/t19-/m1/s1. The molecule has 0 radical (unpaired) electrons. The smallest absolute Gasteiger partial charge is 0.257 e. The molecule has 1 aromatic heterocycles. The van der Waals surface area contributed by atoms with Crippen molar-refractivity contribution in [2.75, 3.05) is 19.0 Å². The maximum atomic E-state index is 13.1. The van der Waals surface area contributed by atoms with Gasteiger partial charge in [0.05, 0.1) is 19.3 Å². The molecule has 0 fully saturated rings. The molecule has 0 saturated heterocycles. The zero-order chi connectivity index (χ0) is 24.2. The molecule has 1 aliphatic rings. The molecule has 3 aromatic rings. The third-order valence-corrected chi connectivity index (χ3v) is 6.64. The highest BCUT2D eigenvalue weighted by molar-refractivity contribution is 7.98. The largest absolute Gasteiger partial charge is 0.493 e. The number of methoxy groups -OCH3 is 1. The van der Waals surface area contributed by atoms with Crippen LogP contribution in [0.3, 0.4) is 0 Å². The van der Waals surface area contributed by atoms with Gasteiger partial charge in [0.15, 0.2) is 16.7 Å². The zero-order valence-corrected chi connectivity index (χ0v) is 20.6. The van der Waals surface area contributed by atoms with E-state index in [1.165, 1.54) is 22.9 Å². The number of carbonyl (C=O) groups is 1. The molecule has 1 aliphatic heterocycles. The van der Waals surface area contributed by atoms with Gasteiger partial charge in [-0.05, 0) is 41.7 Å². The number of ether oxygens (including phenoxy) is 2. The van der Waals surface area contributed by atoms with Gasteiger partial charge in [0.1, 0.15) is 5.82 Å². The molecule has 2 N–H and O–H groups in total. The number of H-pyrrole nitrogens is 1. The third kappa shape index (κ3) is 5.28. The molecule has 0 bridgehead atoms. The summed E-state index contributed by atoms with van der Waals surface area (Å²) in [4.78, 5) is 33.1. The predicted octanol–water partition coefficient (Wildman–Crippen LogP) is 4.89. The van der Waals surface area contributed by atoms with Crippen LogP contribution >= 0.6 is 11.8 Å². The molecule has 34 heavy (non-hydrogen) atoms. The number of nitrogens with one attached hydrogen (secondary N) is 2. The second-order valence-corrected chi connectivity index (χ2v) is 9.73. The summed E-state index contributed by atoms with van der Waals surface area (Å²) < 4.78 is 11.4. The van der Waals surface area contributed by atoms with Gasteiger partial charge in [0.2, 0.25) is 5.91 Å². The number of amides is 1. The van der Waals surface area contributed by atoms with Crippen LogP contribution in [0.25, 0.3) is 0 Å². The molecule has 7 nitrogen and oxygen atoms in total. The van der Waals surface area contributed by atoms with Gasteiger partial charge in [-0.3, -0.25) is 9.59 Å². The van der Waals surface area contributed by atoms with Crippen molar-refractivity contribution in [1.82, 2.24) is 9.97 Å². The van der Waals surface area contributed by atoms with Gasteiger partial charge in [-0.15, -0.1) is 0 Å². The van der Waals surface area contributed by atoms with Crippen LogP contribution in [0.2, 0.25) is 0 Å². The summed E-state index contributed by atoms with van der Waals surface area (Å²) in [5, 5.41) is 3.26. The first kappa shape index (κ1) is 23.9. The Morgan fingerprint density at radius 1 is 1.15 bits per heavy atom. The predicted molar refractivity (Wildman–Crippen MR) is 134 cm³/mol. The van der Waals surface area contributed by atoms with Crippen molar-refractivity contribution in [2.45, 2.75) is 44.0 Å². The summed E-state index contributed by atoms with van der Waals surface area (Å²) in [6, 6.07) is 13.6. The molecular weight excluding hydrogens is 450 g/mol. The van der Waals surface area contributed by atoms with E-state index in [4.69, 9.17) is 9.47 Å². The molecule has 4 rings (SSSR count).